The Morgan fingerprint density at radius 3 is 2.19 bits per heavy atom. The molecule has 0 atom stereocenters. The van der Waals surface area contributed by atoms with Gasteiger partial charge < -0.3 is 9.94 Å². The second-order valence-corrected chi connectivity index (χ2v) is 4.20. The highest BCUT2D eigenvalue weighted by Gasteiger charge is 2.44. The number of carbonyl (C=O) groups excluding carboxylic acids is 3. The van der Waals surface area contributed by atoms with Crippen LogP contribution in [0.25, 0.3) is 0 Å². The van der Waals surface area contributed by atoms with Crippen molar-refractivity contribution >= 4 is 17.8 Å². The standard InChI is InChI=1S/C10H13NO5/c12-7-3-4-8(13)11(7)16-9(14)10(15)5-1-2-6-10/h15H,1-6H2. The molecule has 2 aliphatic rings. The molecule has 2 amide bonds. The van der Waals surface area contributed by atoms with E-state index < -0.39 is 23.4 Å². The zero-order valence-electron chi connectivity index (χ0n) is 8.77. The molecule has 0 aromatic heterocycles. The lowest BCUT2D eigenvalue weighted by molar-refractivity contribution is -0.210. The van der Waals surface area contributed by atoms with E-state index in [9.17, 15) is 19.5 Å². The van der Waals surface area contributed by atoms with E-state index in [2.05, 4.69) is 4.84 Å². The molecule has 16 heavy (non-hydrogen) atoms. The van der Waals surface area contributed by atoms with Crippen LogP contribution in [-0.2, 0) is 19.2 Å². The Morgan fingerprint density at radius 2 is 1.69 bits per heavy atom. The van der Waals surface area contributed by atoms with Crippen LogP contribution < -0.4 is 0 Å². The third kappa shape index (κ3) is 1.80. The average Bonchev–Trinajstić information content (AvgIpc) is 2.80. The summed E-state index contributed by atoms with van der Waals surface area (Å²) in [7, 11) is 0. The van der Waals surface area contributed by atoms with Gasteiger partial charge in [-0.3, -0.25) is 9.59 Å². The van der Waals surface area contributed by atoms with Crippen LogP contribution in [0.1, 0.15) is 38.5 Å². The van der Waals surface area contributed by atoms with Gasteiger partial charge in [-0.25, -0.2) is 4.79 Å². The minimum Gasteiger partial charge on any atom is -0.378 e. The highest BCUT2D eigenvalue weighted by atomic mass is 16.7. The molecule has 1 N–H and O–H groups in total. The molecule has 1 aliphatic carbocycles. The molecule has 1 aliphatic heterocycles. The van der Waals surface area contributed by atoms with Gasteiger partial charge in [-0.1, -0.05) is 0 Å². The smallest absolute Gasteiger partial charge is 0.364 e. The van der Waals surface area contributed by atoms with Crippen molar-refractivity contribution in [2.24, 2.45) is 0 Å². The summed E-state index contributed by atoms with van der Waals surface area (Å²) in [5.74, 6) is -1.95. The van der Waals surface area contributed by atoms with Gasteiger partial charge in [-0.05, 0) is 25.7 Å². The van der Waals surface area contributed by atoms with Crippen LogP contribution in [0.5, 0.6) is 0 Å². The maximum atomic E-state index is 11.6. The Hall–Kier alpha value is -1.43. The number of aliphatic hydroxyl groups is 1. The summed E-state index contributed by atoms with van der Waals surface area (Å²) in [5.41, 5.74) is -1.52. The van der Waals surface area contributed by atoms with E-state index in [0.717, 1.165) is 12.8 Å². The molecule has 2 rings (SSSR count). The molecule has 2 fully saturated rings. The fourth-order valence-corrected chi connectivity index (χ4v) is 1.99. The third-order valence-corrected chi connectivity index (χ3v) is 2.99. The molecule has 6 nitrogen and oxygen atoms in total. The van der Waals surface area contributed by atoms with E-state index in [4.69, 9.17) is 0 Å². The first-order valence-corrected chi connectivity index (χ1v) is 5.33. The highest BCUT2D eigenvalue weighted by molar-refractivity contribution is 6.01. The van der Waals surface area contributed by atoms with Crippen LogP contribution in [0.15, 0.2) is 0 Å². The molecule has 1 heterocycles. The van der Waals surface area contributed by atoms with Crippen LogP contribution in [0.3, 0.4) is 0 Å². The van der Waals surface area contributed by atoms with E-state index in [0.29, 0.717) is 17.9 Å². The van der Waals surface area contributed by atoms with Crippen molar-refractivity contribution < 1.29 is 24.3 Å². The summed E-state index contributed by atoms with van der Waals surface area (Å²) in [6.45, 7) is 0. The van der Waals surface area contributed by atoms with Crippen molar-refractivity contribution in [2.75, 3.05) is 0 Å². The van der Waals surface area contributed by atoms with Crippen LogP contribution in [0.4, 0.5) is 0 Å². The second-order valence-electron chi connectivity index (χ2n) is 4.20. The van der Waals surface area contributed by atoms with Gasteiger partial charge in [0, 0.05) is 12.8 Å². The second kappa shape index (κ2) is 3.86. The summed E-state index contributed by atoms with van der Waals surface area (Å²) in [6.07, 6.45) is 2.25. The predicted molar refractivity (Wildman–Crippen MR) is 50.6 cm³/mol. The Balaban J connectivity index is 2.01. The lowest BCUT2D eigenvalue weighted by atomic mass is 10.0. The molecule has 6 heteroatoms. The van der Waals surface area contributed by atoms with Gasteiger partial charge in [0.05, 0.1) is 0 Å². The molecule has 1 saturated heterocycles. The van der Waals surface area contributed by atoms with Gasteiger partial charge in [-0.2, -0.15) is 0 Å². The zero-order chi connectivity index (χ0) is 11.8. The number of hydroxylamine groups is 2. The van der Waals surface area contributed by atoms with E-state index in [1.165, 1.54) is 0 Å². The maximum Gasteiger partial charge on any atom is 0.364 e. The molecule has 0 aromatic carbocycles. The molecule has 0 unspecified atom stereocenters. The van der Waals surface area contributed by atoms with Gasteiger partial charge in [0.15, 0.2) is 5.60 Å². The molecular formula is C10H13NO5. The molecule has 0 aromatic rings. The fourth-order valence-electron chi connectivity index (χ4n) is 1.99. The summed E-state index contributed by atoms with van der Waals surface area (Å²) in [5, 5.41) is 10.3. The largest absolute Gasteiger partial charge is 0.378 e. The highest BCUT2D eigenvalue weighted by Crippen LogP contribution is 2.31. The molecular weight excluding hydrogens is 214 g/mol. The molecule has 0 spiro atoms. The Labute approximate surface area is 92.1 Å². The third-order valence-electron chi connectivity index (χ3n) is 2.99. The fraction of sp³-hybridized carbons (Fsp3) is 0.700. The van der Waals surface area contributed by atoms with E-state index in [1.807, 2.05) is 0 Å². The number of carbonyl (C=O) groups is 3. The van der Waals surface area contributed by atoms with Crippen molar-refractivity contribution in [3.8, 4) is 0 Å². The summed E-state index contributed by atoms with van der Waals surface area (Å²) in [6, 6.07) is 0. The van der Waals surface area contributed by atoms with Crippen LogP contribution in [0.2, 0.25) is 0 Å². The van der Waals surface area contributed by atoms with Gasteiger partial charge in [-0.15, -0.1) is 5.06 Å². The first-order chi connectivity index (χ1) is 7.53. The van der Waals surface area contributed by atoms with Crippen LogP contribution >= 0.6 is 0 Å². The topological polar surface area (TPSA) is 83.9 Å². The lowest BCUT2D eigenvalue weighted by Crippen LogP contribution is -2.43. The predicted octanol–water partition coefficient (Wildman–Crippen LogP) is -0.101. The van der Waals surface area contributed by atoms with Crippen molar-refractivity contribution in [3.05, 3.63) is 0 Å². The number of rotatable bonds is 2. The van der Waals surface area contributed by atoms with Gasteiger partial charge in [0.25, 0.3) is 11.8 Å². The monoisotopic (exact) mass is 227 g/mol. The van der Waals surface area contributed by atoms with Crippen molar-refractivity contribution in [1.82, 2.24) is 5.06 Å². The Bertz CT molecular complexity index is 329. The normalized spacial score (nSPS) is 23.9. The van der Waals surface area contributed by atoms with Gasteiger partial charge in [0.1, 0.15) is 0 Å². The van der Waals surface area contributed by atoms with Crippen molar-refractivity contribution in [3.63, 3.8) is 0 Å². The summed E-state index contributed by atoms with van der Waals surface area (Å²) in [4.78, 5) is 38.6. The first kappa shape index (κ1) is 11.1. The molecule has 1 saturated carbocycles. The first-order valence-electron chi connectivity index (χ1n) is 5.33. The summed E-state index contributed by atoms with van der Waals surface area (Å²) >= 11 is 0. The zero-order valence-corrected chi connectivity index (χ0v) is 8.77. The SMILES string of the molecule is O=C1CCC(=O)N1OC(=O)C1(O)CCCC1. The van der Waals surface area contributed by atoms with E-state index in [-0.39, 0.29) is 12.8 Å². The number of hydrogen-bond acceptors (Lipinski definition) is 5. The van der Waals surface area contributed by atoms with Crippen LogP contribution in [-0.4, -0.2) is 33.6 Å². The molecule has 0 bridgehead atoms. The minimum atomic E-state index is -1.52. The van der Waals surface area contributed by atoms with Gasteiger partial charge in [0.2, 0.25) is 0 Å². The Morgan fingerprint density at radius 1 is 1.19 bits per heavy atom. The number of imide groups is 1. The van der Waals surface area contributed by atoms with Gasteiger partial charge >= 0.3 is 5.97 Å². The minimum absolute atomic E-state index is 0.0601. The lowest BCUT2D eigenvalue weighted by Gasteiger charge is -2.22. The van der Waals surface area contributed by atoms with Crippen molar-refractivity contribution in [2.45, 2.75) is 44.1 Å². The van der Waals surface area contributed by atoms with E-state index in [1.54, 1.807) is 0 Å². The summed E-state index contributed by atoms with van der Waals surface area (Å²) < 4.78 is 0. The number of amides is 2. The molecule has 88 valence electrons. The number of nitrogens with zero attached hydrogens (tertiary/aromatic N) is 1. The average molecular weight is 227 g/mol. The maximum absolute atomic E-state index is 11.6. The van der Waals surface area contributed by atoms with E-state index >= 15 is 0 Å². The van der Waals surface area contributed by atoms with Crippen LogP contribution in [0, 0.1) is 0 Å². The quantitative estimate of drug-likeness (QED) is 0.666. The Kier molecular flexibility index (Phi) is 2.67. The van der Waals surface area contributed by atoms with Crippen molar-refractivity contribution in [1.29, 1.82) is 0 Å². The molecule has 0 radical (unpaired) electrons. The number of hydrogen-bond donors (Lipinski definition) is 1.